The monoisotopic (exact) mass is 245 g/mol. The summed E-state index contributed by atoms with van der Waals surface area (Å²) in [6.07, 6.45) is 4.64. The Hall–Kier alpha value is -1.27. The first-order valence-corrected chi connectivity index (χ1v) is 6.89. The van der Waals surface area contributed by atoms with Gasteiger partial charge in [0, 0.05) is 36.3 Å². The molecule has 0 amide bonds. The van der Waals surface area contributed by atoms with Gasteiger partial charge in [-0.15, -0.1) is 0 Å². The van der Waals surface area contributed by atoms with Crippen LogP contribution in [0.25, 0.3) is 0 Å². The van der Waals surface area contributed by atoms with Gasteiger partial charge in [0.2, 0.25) is 0 Å². The topological polar surface area (TPSA) is 29.9 Å². The van der Waals surface area contributed by atoms with Gasteiger partial charge in [0.1, 0.15) is 5.69 Å². The number of hydrogen-bond donors (Lipinski definition) is 1. The molecule has 3 heteroatoms. The van der Waals surface area contributed by atoms with Crippen molar-refractivity contribution in [3.8, 4) is 11.8 Å². The maximum Gasteiger partial charge on any atom is 0.139 e. The van der Waals surface area contributed by atoms with Gasteiger partial charge in [0.25, 0.3) is 0 Å². The van der Waals surface area contributed by atoms with E-state index in [9.17, 15) is 0 Å². The van der Waals surface area contributed by atoms with E-state index in [0.717, 1.165) is 12.2 Å². The molecule has 1 aromatic heterocycles. The first-order valence-electron chi connectivity index (χ1n) is 6.89. The molecule has 1 N–H and O–H groups in total. The van der Waals surface area contributed by atoms with Crippen molar-refractivity contribution in [2.45, 2.75) is 59.2 Å². The molecule has 1 aliphatic rings. The van der Waals surface area contributed by atoms with Crippen LogP contribution in [0.1, 0.15) is 57.8 Å². The highest BCUT2D eigenvalue weighted by molar-refractivity contribution is 5.35. The van der Waals surface area contributed by atoms with E-state index in [2.05, 4.69) is 56.1 Å². The summed E-state index contributed by atoms with van der Waals surface area (Å²) in [5, 5.41) is 8.03. The summed E-state index contributed by atoms with van der Waals surface area (Å²) in [6.45, 7) is 9.44. The summed E-state index contributed by atoms with van der Waals surface area (Å²) in [6, 6.07) is 0.871. The van der Waals surface area contributed by atoms with Crippen LogP contribution in [-0.2, 0) is 6.54 Å². The Morgan fingerprint density at radius 3 is 2.67 bits per heavy atom. The van der Waals surface area contributed by atoms with E-state index in [1.54, 1.807) is 0 Å². The maximum absolute atomic E-state index is 4.59. The number of hydrogen-bond acceptors (Lipinski definition) is 2. The van der Waals surface area contributed by atoms with Gasteiger partial charge in [-0.2, -0.15) is 5.10 Å². The second-order valence-electron chi connectivity index (χ2n) is 5.66. The largest absolute Gasteiger partial charge is 0.310 e. The number of rotatable bonds is 4. The first kappa shape index (κ1) is 13.2. The van der Waals surface area contributed by atoms with Crippen LogP contribution in [0, 0.1) is 17.8 Å². The van der Waals surface area contributed by atoms with E-state index in [-0.39, 0.29) is 0 Å². The van der Waals surface area contributed by atoms with Gasteiger partial charge in [-0.25, -0.2) is 0 Å². The van der Waals surface area contributed by atoms with Gasteiger partial charge in [-0.05, 0) is 32.6 Å². The summed E-state index contributed by atoms with van der Waals surface area (Å²) < 4.78 is 2.01. The number of nitrogens with one attached hydrogen (secondary N) is 1. The van der Waals surface area contributed by atoms with Crippen LogP contribution in [0.3, 0.4) is 0 Å². The SMILES string of the molecule is CC(C)NCc1cn(C(C)C)nc1C#CC1CC1. The molecule has 1 aromatic rings. The summed E-state index contributed by atoms with van der Waals surface area (Å²) in [4.78, 5) is 0. The molecule has 2 rings (SSSR count). The van der Waals surface area contributed by atoms with Crippen molar-refractivity contribution < 1.29 is 0 Å². The van der Waals surface area contributed by atoms with Gasteiger partial charge in [-0.3, -0.25) is 4.68 Å². The fraction of sp³-hybridized carbons (Fsp3) is 0.667. The van der Waals surface area contributed by atoms with Crippen molar-refractivity contribution >= 4 is 0 Å². The molecule has 0 bridgehead atoms. The van der Waals surface area contributed by atoms with Crippen LogP contribution in [0.2, 0.25) is 0 Å². The fourth-order valence-electron chi connectivity index (χ4n) is 1.64. The number of nitrogens with zero attached hydrogens (tertiary/aromatic N) is 2. The molecule has 18 heavy (non-hydrogen) atoms. The predicted molar refractivity (Wildman–Crippen MR) is 74.2 cm³/mol. The normalized spacial score (nSPS) is 15.0. The van der Waals surface area contributed by atoms with Crippen molar-refractivity contribution in [2.75, 3.05) is 0 Å². The van der Waals surface area contributed by atoms with E-state index in [1.807, 2.05) is 4.68 Å². The molecule has 1 fully saturated rings. The number of aromatic nitrogens is 2. The zero-order chi connectivity index (χ0) is 13.1. The average molecular weight is 245 g/mol. The Morgan fingerprint density at radius 2 is 2.11 bits per heavy atom. The smallest absolute Gasteiger partial charge is 0.139 e. The average Bonchev–Trinajstić information content (AvgIpc) is 3.03. The van der Waals surface area contributed by atoms with Crippen LogP contribution < -0.4 is 5.32 Å². The highest BCUT2D eigenvalue weighted by Crippen LogP contribution is 2.27. The quantitative estimate of drug-likeness (QED) is 0.827. The molecule has 1 aliphatic carbocycles. The second kappa shape index (κ2) is 5.58. The third kappa shape index (κ3) is 3.61. The molecular weight excluding hydrogens is 222 g/mol. The minimum absolute atomic E-state index is 0.388. The lowest BCUT2D eigenvalue weighted by Gasteiger charge is -2.06. The molecule has 98 valence electrons. The van der Waals surface area contributed by atoms with E-state index < -0.39 is 0 Å². The third-order valence-corrected chi connectivity index (χ3v) is 3.01. The third-order valence-electron chi connectivity index (χ3n) is 3.01. The lowest BCUT2D eigenvalue weighted by Crippen LogP contribution is -2.22. The van der Waals surface area contributed by atoms with Gasteiger partial charge >= 0.3 is 0 Å². The van der Waals surface area contributed by atoms with Crippen LogP contribution in [0.15, 0.2) is 6.20 Å². The lowest BCUT2D eigenvalue weighted by atomic mass is 10.2. The molecule has 0 unspecified atom stereocenters. The molecular formula is C15H23N3. The van der Waals surface area contributed by atoms with Crippen molar-refractivity contribution in [1.82, 2.24) is 15.1 Å². The van der Waals surface area contributed by atoms with Gasteiger partial charge in [-0.1, -0.05) is 19.8 Å². The minimum atomic E-state index is 0.388. The van der Waals surface area contributed by atoms with E-state index in [4.69, 9.17) is 0 Å². The standard InChI is InChI=1S/C15H23N3/c1-11(2)16-9-14-10-18(12(3)4)17-15(14)8-7-13-5-6-13/h10-13,16H,5-6,9H2,1-4H3. The van der Waals surface area contributed by atoms with Crippen LogP contribution in [-0.4, -0.2) is 15.8 Å². The predicted octanol–water partition coefficient (Wildman–Crippen LogP) is 2.72. The van der Waals surface area contributed by atoms with Crippen molar-refractivity contribution in [3.05, 3.63) is 17.5 Å². The summed E-state index contributed by atoms with van der Waals surface area (Å²) in [7, 11) is 0. The summed E-state index contributed by atoms with van der Waals surface area (Å²) in [5.74, 6) is 7.18. The molecule has 1 saturated carbocycles. The molecule has 0 aromatic carbocycles. The Bertz CT molecular complexity index is 456. The van der Waals surface area contributed by atoms with Crippen molar-refractivity contribution in [1.29, 1.82) is 0 Å². The van der Waals surface area contributed by atoms with Gasteiger partial charge in [0.05, 0.1) is 0 Å². The van der Waals surface area contributed by atoms with E-state index >= 15 is 0 Å². The highest BCUT2D eigenvalue weighted by Gasteiger charge is 2.18. The maximum atomic E-state index is 4.59. The zero-order valence-electron chi connectivity index (χ0n) is 11.8. The fourth-order valence-corrected chi connectivity index (χ4v) is 1.64. The Kier molecular flexibility index (Phi) is 4.08. The molecule has 0 atom stereocenters. The Balaban J connectivity index is 2.15. The molecule has 0 radical (unpaired) electrons. The first-order chi connectivity index (χ1) is 8.56. The molecule has 3 nitrogen and oxygen atoms in total. The van der Waals surface area contributed by atoms with Crippen LogP contribution >= 0.6 is 0 Å². The minimum Gasteiger partial charge on any atom is -0.310 e. The second-order valence-corrected chi connectivity index (χ2v) is 5.66. The molecule has 0 aliphatic heterocycles. The Morgan fingerprint density at radius 1 is 1.39 bits per heavy atom. The van der Waals surface area contributed by atoms with Crippen LogP contribution in [0.4, 0.5) is 0 Å². The Labute approximate surface area is 110 Å². The zero-order valence-corrected chi connectivity index (χ0v) is 11.8. The van der Waals surface area contributed by atoms with E-state index in [0.29, 0.717) is 18.0 Å². The van der Waals surface area contributed by atoms with Gasteiger partial charge in [0.15, 0.2) is 0 Å². The van der Waals surface area contributed by atoms with Gasteiger partial charge < -0.3 is 5.32 Å². The highest BCUT2D eigenvalue weighted by atomic mass is 15.3. The van der Waals surface area contributed by atoms with Crippen molar-refractivity contribution in [2.24, 2.45) is 5.92 Å². The summed E-state index contributed by atoms with van der Waals surface area (Å²) >= 11 is 0. The molecule has 0 spiro atoms. The summed E-state index contributed by atoms with van der Waals surface area (Å²) in [5.41, 5.74) is 2.16. The van der Waals surface area contributed by atoms with Crippen LogP contribution in [0.5, 0.6) is 0 Å². The molecule has 0 saturated heterocycles. The van der Waals surface area contributed by atoms with E-state index in [1.165, 1.54) is 18.4 Å². The molecule has 1 heterocycles. The lowest BCUT2D eigenvalue weighted by molar-refractivity contribution is 0.529. The van der Waals surface area contributed by atoms with Crippen molar-refractivity contribution in [3.63, 3.8) is 0 Å².